The SMILES string of the molecule is CC1(C)[C@@H]2CC=C(COC[C@H](O)CN3CCN(Cc4ccc5c(c4)OCO5)CC3)[C@H]1C2. The molecule has 2 heterocycles. The largest absolute Gasteiger partial charge is 0.454 e. The van der Waals surface area contributed by atoms with Crippen LogP contribution in [-0.4, -0.2) is 73.7 Å². The Kier molecular flexibility index (Phi) is 5.99. The van der Waals surface area contributed by atoms with Crippen LogP contribution in [0.3, 0.4) is 0 Å². The van der Waals surface area contributed by atoms with Crippen molar-refractivity contribution in [1.29, 1.82) is 0 Å². The molecule has 1 saturated heterocycles. The van der Waals surface area contributed by atoms with Crippen LogP contribution >= 0.6 is 0 Å². The monoisotopic (exact) mass is 428 g/mol. The summed E-state index contributed by atoms with van der Waals surface area (Å²) in [5.41, 5.74) is 3.15. The van der Waals surface area contributed by atoms with Gasteiger partial charge in [-0.15, -0.1) is 0 Å². The first-order valence-corrected chi connectivity index (χ1v) is 11.8. The van der Waals surface area contributed by atoms with Crippen LogP contribution in [0.4, 0.5) is 0 Å². The van der Waals surface area contributed by atoms with Crippen LogP contribution in [0.25, 0.3) is 0 Å². The second-order valence-corrected chi connectivity index (χ2v) is 10.3. The summed E-state index contributed by atoms with van der Waals surface area (Å²) in [6.45, 7) is 11.8. The van der Waals surface area contributed by atoms with Gasteiger partial charge in [-0.1, -0.05) is 26.0 Å². The van der Waals surface area contributed by atoms with E-state index in [1.807, 2.05) is 6.07 Å². The highest BCUT2D eigenvalue weighted by atomic mass is 16.7. The third-order valence-electron chi connectivity index (χ3n) is 7.94. The van der Waals surface area contributed by atoms with Gasteiger partial charge in [0, 0.05) is 39.3 Å². The fourth-order valence-corrected chi connectivity index (χ4v) is 5.73. The van der Waals surface area contributed by atoms with Gasteiger partial charge >= 0.3 is 0 Å². The van der Waals surface area contributed by atoms with E-state index < -0.39 is 6.10 Å². The first-order valence-electron chi connectivity index (χ1n) is 11.8. The summed E-state index contributed by atoms with van der Waals surface area (Å²) < 4.78 is 16.8. The molecule has 3 atom stereocenters. The van der Waals surface area contributed by atoms with E-state index in [-0.39, 0.29) is 0 Å². The zero-order valence-electron chi connectivity index (χ0n) is 18.9. The Morgan fingerprint density at radius 3 is 2.68 bits per heavy atom. The van der Waals surface area contributed by atoms with Gasteiger partial charge in [-0.05, 0) is 53.4 Å². The molecular formula is C25H36N2O4. The van der Waals surface area contributed by atoms with Crippen LogP contribution in [0.2, 0.25) is 0 Å². The van der Waals surface area contributed by atoms with E-state index in [0.29, 0.717) is 37.9 Å². The minimum Gasteiger partial charge on any atom is -0.454 e. The van der Waals surface area contributed by atoms with E-state index in [2.05, 4.69) is 41.9 Å². The number of nitrogens with zero attached hydrogens (tertiary/aromatic N) is 2. The molecule has 2 fully saturated rings. The number of aliphatic hydroxyl groups is 1. The van der Waals surface area contributed by atoms with Gasteiger partial charge in [0.15, 0.2) is 11.5 Å². The summed E-state index contributed by atoms with van der Waals surface area (Å²) in [5.74, 6) is 3.23. The number of piperazine rings is 1. The molecule has 0 unspecified atom stereocenters. The average molecular weight is 429 g/mol. The van der Waals surface area contributed by atoms with Gasteiger partial charge in [0.05, 0.1) is 19.3 Å². The standard InChI is InChI=1S/C25H36N2O4/c1-25(2)20-5-4-19(22(25)12-20)15-29-16-21(28)14-27-9-7-26(8-10-27)13-18-3-6-23-24(11-18)31-17-30-23/h3-4,6,11,20-22,28H,5,7-10,12-17H2,1-2H3/t20-,21-,22-/m1/s1. The highest BCUT2D eigenvalue weighted by molar-refractivity contribution is 5.44. The molecular weight excluding hydrogens is 392 g/mol. The fourth-order valence-electron chi connectivity index (χ4n) is 5.73. The molecule has 2 bridgehead atoms. The van der Waals surface area contributed by atoms with Gasteiger partial charge in [-0.25, -0.2) is 0 Å². The molecule has 0 radical (unpaired) electrons. The van der Waals surface area contributed by atoms with Gasteiger partial charge in [0.25, 0.3) is 0 Å². The lowest BCUT2D eigenvalue weighted by molar-refractivity contribution is -0.0275. The summed E-state index contributed by atoms with van der Waals surface area (Å²) >= 11 is 0. The smallest absolute Gasteiger partial charge is 0.231 e. The maximum atomic E-state index is 10.5. The van der Waals surface area contributed by atoms with Crippen LogP contribution in [0, 0.1) is 17.3 Å². The summed E-state index contributed by atoms with van der Waals surface area (Å²) in [5, 5.41) is 10.5. The van der Waals surface area contributed by atoms with Gasteiger partial charge in [-0.2, -0.15) is 0 Å². The number of β-amino-alcohol motifs (C(OH)–C–C–N with tert-alkyl or cyclic N) is 1. The van der Waals surface area contributed by atoms with Crippen molar-refractivity contribution in [1.82, 2.24) is 9.80 Å². The van der Waals surface area contributed by atoms with Crippen molar-refractivity contribution in [3.8, 4) is 11.5 Å². The number of ether oxygens (including phenoxy) is 3. The first kappa shape index (κ1) is 21.3. The maximum Gasteiger partial charge on any atom is 0.231 e. The van der Waals surface area contributed by atoms with Crippen molar-refractivity contribution in [3.05, 3.63) is 35.4 Å². The number of fused-ring (bicyclic) bond motifs is 2. The van der Waals surface area contributed by atoms with Crippen molar-refractivity contribution in [2.45, 2.75) is 39.3 Å². The Bertz CT molecular complexity index is 816. The zero-order chi connectivity index (χ0) is 21.4. The normalized spacial score (nSPS) is 28.2. The lowest BCUT2D eigenvalue weighted by atomic mass is 9.49. The zero-order valence-corrected chi connectivity index (χ0v) is 18.9. The predicted molar refractivity (Wildman–Crippen MR) is 119 cm³/mol. The Hall–Kier alpha value is -1.60. The van der Waals surface area contributed by atoms with E-state index in [4.69, 9.17) is 14.2 Å². The molecule has 1 saturated carbocycles. The molecule has 170 valence electrons. The number of benzene rings is 1. The minimum atomic E-state index is -0.424. The van der Waals surface area contributed by atoms with Gasteiger partial charge in [-0.3, -0.25) is 9.80 Å². The molecule has 1 N–H and O–H groups in total. The van der Waals surface area contributed by atoms with Crippen LogP contribution in [0.1, 0.15) is 32.3 Å². The number of allylic oxidation sites excluding steroid dienone is 1. The van der Waals surface area contributed by atoms with E-state index >= 15 is 0 Å². The second kappa shape index (κ2) is 8.74. The molecule has 6 nitrogen and oxygen atoms in total. The number of rotatable bonds is 8. The topological polar surface area (TPSA) is 54.4 Å². The third kappa shape index (κ3) is 4.49. The third-order valence-corrected chi connectivity index (χ3v) is 7.94. The van der Waals surface area contributed by atoms with E-state index in [1.165, 1.54) is 24.0 Å². The molecule has 1 aromatic carbocycles. The lowest BCUT2D eigenvalue weighted by Crippen LogP contribution is -2.49. The van der Waals surface area contributed by atoms with Crippen molar-refractivity contribution in [3.63, 3.8) is 0 Å². The Balaban J connectivity index is 1.00. The van der Waals surface area contributed by atoms with E-state index in [9.17, 15) is 5.11 Å². The first-order chi connectivity index (χ1) is 15.0. The Morgan fingerprint density at radius 1 is 1.13 bits per heavy atom. The quantitative estimate of drug-likeness (QED) is 0.643. The molecule has 5 aliphatic rings. The molecule has 1 aromatic rings. The number of hydrogen-bond donors (Lipinski definition) is 1. The van der Waals surface area contributed by atoms with E-state index in [0.717, 1.165) is 50.1 Å². The Morgan fingerprint density at radius 2 is 1.90 bits per heavy atom. The Labute approximate surface area is 185 Å². The molecule has 31 heavy (non-hydrogen) atoms. The molecule has 0 aromatic heterocycles. The van der Waals surface area contributed by atoms with Gasteiger partial charge in [0.1, 0.15) is 0 Å². The summed E-state index contributed by atoms with van der Waals surface area (Å²) in [7, 11) is 0. The lowest BCUT2D eigenvalue weighted by Gasteiger charge is -2.56. The second-order valence-electron chi connectivity index (χ2n) is 10.3. The van der Waals surface area contributed by atoms with Crippen molar-refractivity contribution in [2.75, 3.05) is 52.7 Å². The fraction of sp³-hybridized carbons (Fsp3) is 0.680. The van der Waals surface area contributed by atoms with Gasteiger partial charge < -0.3 is 19.3 Å². The highest BCUT2D eigenvalue weighted by Crippen LogP contribution is 2.59. The highest BCUT2D eigenvalue weighted by Gasteiger charge is 2.50. The molecule has 6 rings (SSSR count). The van der Waals surface area contributed by atoms with Gasteiger partial charge in [0.2, 0.25) is 6.79 Å². The maximum absolute atomic E-state index is 10.5. The summed E-state index contributed by atoms with van der Waals surface area (Å²) in [6.07, 6.45) is 4.48. The van der Waals surface area contributed by atoms with Crippen LogP contribution in [0.5, 0.6) is 11.5 Å². The molecule has 3 aliphatic carbocycles. The van der Waals surface area contributed by atoms with Crippen LogP contribution in [0.15, 0.2) is 29.8 Å². The molecule has 2 aliphatic heterocycles. The van der Waals surface area contributed by atoms with Crippen LogP contribution < -0.4 is 9.47 Å². The van der Waals surface area contributed by atoms with Crippen molar-refractivity contribution < 1.29 is 19.3 Å². The average Bonchev–Trinajstić information content (AvgIpc) is 3.23. The van der Waals surface area contributed by atoms with E-state index in [1.54, 1.807) is 0 Å². The number of aliphatic hydroxyl groups excluding tert-OH is 1. The van der Waals surface area contributed by atoms with Crippen molar-refractivity contribution in [2.24, 2.45) is 17.3 Å². The molecule has 6 heteroatoms. The predicted octanol–water partition coefficient (Wildman–Crippen LogP) is 2.90. The number of hydrogen-bond acceptors (Lipinski definition) is 6. The van der Waals surface area contributed by atoms with Crippen LogP contribution in [-0.2, 0) is 11.3 Å². The van der Waals surface area contributed by atoms with Crippen molar-refractivity contribution >= 4 is 0 Å². The minimum absolute atomic E-state index is 0.320. The molecule has 0 amide bonds. The molecule has 0 spiro atoms. The summed E-state index contributed by atoms with van der Waals surface area (Å²) in [4.78, 5) is 4.81. The summed E-state index contributed by atoms with van der Waals surface area (Å²) in [6, 6.07) is 6.20.